The van der Waals surface area contributed by atoms with Crippen molar-refractivity contribution in [1.82, 2.24) is 10.2 Å². The van der Waals surface area contributed by atoms with E-state index in [0.29, 0.717) is 25.7 Å². The van der Waals surface area contributed by atoms with Crippen LogP contribution in [0.15, 0.2) is 24.3 Å². The van der Waals surface area contributed by atoms with Crippen LogP contribution in [-0.2, 0) is 68.5 Å². The van der Waals surface area contributed by atoms with Crippen molar-refractivity contribution >= 4 is 20.6 Å². The van der Waals surface area contributed by atoms with Gasteiger partial charge in [0.05, 0.1) is 0 Å². The van der Waals surface area contributed by atoms with E-state index in [1.165, 1.54) is 76.2 Å². The zero-order chi connectivity index (χ0) is 30.3. The summed E-state index contributed by atoms with van der Waals surface area (Å²) in [4.78, 5) is 26.6. The maximum absolute atomic E-state index is 12.6. The maximum Gasteiger partial charge on any atom is 0.500 e. The van der Waals surface area contributed by atoms with Gasteiger partial charge in [0, 0.05) is 92.6 Å². The molecule has 0 aliphatic heterocycles. The summed E-state index contributed by atoms with van der Waals surface area (Å²) in [5, 5.41) is 3.04. The Balaban J connectivity index is 0.0000168. The van der Waals surface area contributed by atoms with Crippen LogP contribution in [0.2, 0.25) is 6.04 Å². The van der Waals surface area contributed by atoms with E-state index in [4.69, 9.17) is 13.3 Å². The molecule has 1 aromatic carbocycles. The van der Waals surface area contributed by atoms with Crippen molar-refractivity contribution in [1.29, 1.82) is 0 Å². The first kappa shape index (κ1) is 41.4. The molecule has 1 aromatic rings. The van der Waals surface area contributed by atoms with Gasteiger partial charge in [0.2, 0.25) is 11.8 Å². The Morgan fingerprint density at radius 1 is 0.810 bits per heavy atom. The first-order chi connectivity index (χ1) is 19.8. The summed E-state index contributed by atoms with van der Waals surface area (Å²) in [6.45, 7) is 7.35. The SMILES string of the molecule is CCCCCCCCCCCCCCC(C)C(=O)NCCN(Cc1ccc(CC[Si](OC)(OC)OC)cc1)C(C)=O.[Y]. The zero-order valence-electron chi connectivity index (χ0n) is 27.7. The molecule has 0 heterocycles. The molecule has 239 valence electrons. The molecule has 2 amide bonds. The van der Waals surface area contributed by atoms with Crippen LogP contribution in [0, 0.1) is 5.92 Å². The molecule has 0 spiro atoms. The van der Waals surface area contributed by atoms with Gasteiger partial charge in [-0.1, -0.05) is 115 Å². The summed E-state index contributed by atoms with van der Waals surface area (Å²) in [5.74, 6) is 0.0974. The van der Waals surface area contributed by atoms with Gasteiger partial charge in [0.15, 0.2) is 0 Å². The van der Waals surface area contributed by atoms with Crippen molar-refractivity contribution < 1.29 is 55.6 Å². The van der Waals surface area contributed by atoms with Gasteiger partial charge >= 0.3 is 8.80 Å². The molecule has 1 radical (unpaired) electrons. The van der Waals surface area contributed by atoms with Crippen LogP contribution in [0.3, 0.4) is 0 Å². The van der Waals surface area contributed by atoms with E-state index in [0.717, 1.165) is 24.8 Å². The number of hydrogen-bond acceptors (Lipinski definition) is 5. The molecule has 0 aliphatic carbocycles. The molecule has 0 saturated heterocycles. The van der Waals surface area contributed by atoms with Gasteiger partial charge in [-0.05, 0) is 24.0 Å². The van der Waals surface area contributed by atoms with E-state index in [9.17, 15) is 9.59 Å². The quantitative estimate of drug-likeness (QED) is 0.0867. The van der Waals surface area contributed by atoms with Crippen LogP contribution in [0.1, 0.15) is 115 Å². The second-order valence-corrected chi connectivity index (χ2v) is 14.5. The van der Waals surface area contributed by atoms with Gasteiger partial charge in [0.25, 0.3) is 0 Å². The minimum absolute atomic E-state index is 0. The molecule has 0 saturated carbocycles. The number of hydrogen-bond donors (Lipinski definition) is 1. The van der Waals surface area contributed by atoms with Crippen molar-refractivity contribution in [3.8, 4) is 0 Å². The van der Waals surface area contributed by atoms with E-state index >= 15 is 0 Å². The number of nitrogens with one attached hydrogen (secondary N) is 1. The van der Waals surface area contributed by atoms with Crippen LogP contribution in [0.25, 0.3) is 0 Å². The average molecular weight is 682 g/mol. The third-order valence-corrected chi connectivity index (χ3v) is 10.8. The van der Waals surface area contributed by atoms with Crippen LogP contribution in [0.5, 0.6) is 0 Å². The van der Waals surface area contributed by atoms with Crippen LogP contribution >= 0.6 is 0 Å². The Kier molecular flexibility index (Phi) is 25.3. The van der Waals surface area contributed by atoms with Gasteiger partial charge in [0.1, 0.15) is 0 Å². The van der Waals surface area contributed by atoms with Gasteiger partial charge < -0.3 is 23.5 Å². The number of carbonyl (C=O) groups excluding carboxylic acids is 2. The third-order valence-electron chi connectivity index (χ3n) is 8.11. The second kappa shape index (κ2) is 25.7. The maximum atomic E-state index is 12.6. The van der Waals surface area contributed by atoms with Crippen LogP contribution in [0.4, 0.5) is 0 Å². The fraction of sp³-hybridized carbons (Fsp3) is 0.758. The molecule has 0 fully saturated rings. The predicted octanol–water partition coefficient (Wildman–Crippen LogP) is 7.30. The molecule has 1 N–H and O–H groups in total. The van der Waals surface area contributed by atoms with Crippen LogP contribution in [-0.4, -0.2) is 59.9 Å². The number of carbonyl (C=O) groups is 2. The van der Waals surface area contributed by atoms with E-state index in [1.54, 1.807) is 33.2 Å². The largest absolute Gasteiger partial charge is 0.500 e. The average Bonchev–Trinajstić information content (AvgIpc) is 2.98. The Morgan fingerprint density at radius 3 is 1.76 bits per heavy atom. The molecule has 0 bridgehead atoms. The summed E-state index contributed by atoms with van der Waals surface area (Å²) in [7, 11) is 2.28. The van der Waals surface area contributed by atoms with Gasteiger partial charge in [-0.15, -0.1) is 0 Å². The first-order valence-corrected chi connectivity index (χ1v) is 18.0. The van der Waals surface area contributed by atoms with Gasteiger partial charge in [-0.25, -0.2) is 0 Å². The summed E-state index contributed by atoms with van der Waals surface area (Å²) in [6.07, 6.45) is 17.6. The number of benzene rings is 1. The molecule has 1 rings (SSSR count). The molecule has 0 aliphatic rings. The topological polar surface area (TPSA) is 77.1 Å². The molecule has 1 unspecified atom stereocenters. The molecule has 7 nitrogen and oxygen atoms in total. The van der Waals surface area contributed by atoms with Crippen molar-refractivity contribution in [3.05, 3.63) is 35.4 Å². The van der Waals surface area contributed by atoms with Crippen molar-refractivity contribution in [3.63, 3.8) is 0 Å². The summed E-state index contributed by atoms with van der Waals surface area (Å²) < 4.78 is 16.5. The van der Waals surface area contributed by atoms with Crippen molar-refractivity contribution in [2.75, 3.05) is 34.4 Å². The minimum atomic E-state index is -2.60. The first-order valence-electron chi connectivity index (χ1n) is 16.1. The molecule has 9 heteroatoms. The second-order valence-electron chi connectivity index (χ2n) is 11.4. The number of amides is 2. The Hall–Kier alpha value is -0.639. The normalized spacial score (nSPS) is 12.0. The van der Waals surface area contributed by atoms with Crippen LogP contribution < -0.4 is 5.32 Å². The number of rotatable bonds is 25. The summed E-state index contributed by atoms with van der Waals surface area (Å²) in [6, 6.07) is 8.96. The predicted molar refractivity (Wildman–Crippen MR) is 171 cm³/mol. The fourth-order valence-electron chi connectivity index (χ4n) is 5.14. The van der Waals surface area contributed by atoms with E-state index in [-0.39, 0.29) is 50.4 Å². The van der Waals surface area contributed by atoms with Crippen molar-refractivity contribution in [2.24, 2.45) is 5.92 Å². The Bertz CT molecular complexity index is 815. The number of nitrogens with zero attached hydrogens (tertiary/aromatic N) is 1. The molecular formula is C33H60N2O5SiY. The standard InChI is InChI=1S/C33H60N2O5Si.Y/c1-7-8-9-10-11-12-13-14-15-16-17-18-19-29(2)33(37)34-25-26-35(30(3)36)28-32-22-20-31(21-23-32)24-27-41(38-4,39-5)40-6;/h20-23,29H,7-19,24-28H2,1-6H3,(H,34,37);. The zero-order valence-corrected chi connectivity index (χ0v) is 31.5. The fourth-order valence-corrected chi connectivity index (χ4v) is 6.85. The monoisotopic (exact) mass is 681 g/mol. The molecular weight excluding hydrogens is 621 g/mol. The van der Waals surface area contributed by atoms with E-state index in [1.807, 2.05) is 6.92 Å². The summed E-state index contributed by atoms with van der Waals surface area (Å²) in [5.41, 5.74) is 2.23. The van der Waals surface area contributed by atoms with E-state index in [2.05, 4.69) is 36.5 Å². The Labute approximate surface area is 283 Å². The van der Waals surface area contributed by atoms with Gasteiger partial charge in [-0.3, -0.25) is 9.59 Å². The summed E-state index contributed by atoms with van der Waals surface area (Å²) >= 11 is 0. The van der Waals surface area contributed by atoms with Gasteiger partial charge in [-0.2, -0.15) is 0 Å². The third kappa shape index (κ3) is 18.2. The Morgan fingerprint density at radius 2 is 1.29 bits per heavy atom. The van der Waals surface area contributed by atoms with Crippen molar-refractivity contribution in [2.45, 2.75) is 123 Å². The molecule has 1 atom stereocenters. The minimum Gasteiger partial charge on any atom is -0.377 e. The molecule has 0 aromatic heterocycles. The molecule has 42 heavy (non-hydrogen) atoms. The number of unbranched alkanes of at least 4 members (excludes halogenated alkanes) is 11. The smallest absolute Gasteiger partial charge is 0.377 e. The van der Waals surface area contributed by atoms with E-state index < -0.39 is 8.80 Å². The number of aryl methyl sites for hydroxylation is 1.